The maximum absolute atomic E-state index is 6.01. The Kier molecular flexibility index (Phi) is 5.44. The molecule has 2 N–H and O–H groups in total. The predicted octanol–water partition coefficient (Wildman–Crippen LogP) is 3.35. The lowest BCUT2D eigenvalue weighted by atomic mass is 9.89. The Morgan fingerprint density at radius 1 is 1.25 bits per heavy atom. The Labute approximate surface area is 123 Å². The van der Waals surface area contributed by atoms with E-state index in [1.54, 1.807) is 0 Å². The van der Waals surface area contributed by atoms with E-state index >= 15 is 0 Å². The van der Waals surface area contributed by atoms with E-state index in [2.05, 4.69) is 37.1 Å². The van der Waals surface area contributed by atoms with Gasteiger partial charge in [-0.05, 0) is 52.6 Å². The Morgan fingerprint density at radius 3 is 2.55 bits per heavy atom. The Hall–Kier alpha value is -1.06. The molecule has 0 saturated heterocycles. The van der Waals surface area contributed by atoms with Crippen molar-refractivity contribution in [2.45, 2.75) is 57.7 Å². The molecule has 3 nitrogen and oxygen atoms in total. The molecule has 1 aliphatic carbocycles. The van der Waals surface area contributed by atoms with Crippen LogP contribution in [0, 0.1) is 0 Å². The highest BCUT2D eigenvalue weighted by Crippen LogP contribution is 2.32. The zero-order chi connectivity index (χ0) is 14.5. The van der Waals surface area contributed by atoms with E-state index in [9.17, 15) is 0 Å². The van der Waals surface area contributed by atoms with E-state index < -0.39 is 0 Å². The third-order valence-corrected chi connectivity index (χ3v) is 4.60. The molecule has 0 aliphatic heterocycles. The van der Waals surface area contributed by atoms with Gasteiger partial charge < -0.3 is 10.5 Å². The van der Waals surface area contributed by atoms with Crippen molar-refractivity contribution in [2.24, 2.45) is 5.73 Å². The van der Waals surface area contributed by atoms with Gasteiger partial charge in [-0.15, -0.1) is 0 Å². The first kappa shape index (κ1) is 15.3. The second kappa shape index (κ2) is 7.09. The van der Waals surface area contributed by atoms with Crippen LogP contribution in [0.5, 0.6) is 5.75 Å². The summed E-state index contributed by atoms with van der Waals surface area (Å²) in [5, 5.41) is 0. The fourth-order valence-electron chi connectivity index (χ4n) is 3.16. The van der Waals surface area contributed by atoms with Crippen LogP contribution in [0.1, 0.15) is 51.1 Å². The summed E-state index contributed by atoms with van der Waals surface area (Å²) >= 11 is 0. The van der Waals surface area contributed by atoms with Gasteiger partial charge in [-0.2, -0.15) is 0 Å². The van der Waals surface area contributed by atoms with Crippen LogP contribution in [0.3, 0.4) is 0 Å². The Balaban J connectivity index is 2.08. The van der Waals surface area contributed by atoms with Gasteiger partial charge in [-0.1, -0.05) is 18.2 Å². The number of para-hydroxylation sites is 1. The normalized spacial score (nSPS) is 24.6. The lowest BCUT2D eigenvalue weighted by Gasteiger charge is -2.37. The molecule has 20 heavy (non-hydrogen) atoms. The zero-order valence-electron chi connectivity index (χ0n) is 13.0. The standard InChI is InChI=1S/C17H28N2O/c1-4-20-17-8-6-5-7-16(17)13(2)19(3)15-11-9-14(18)10-12-15/h5-8,13-15H,4,9-12,18H2,1-3H3. The summed E-state index contributed by atoms with van der Waals surface area (Å²) in [5.74, 6) is 1.02. The minimum absolute atomic E-state index is 0.372. The average molecular weight is 276 g/mol. The van der Waals surface area contributed by atoms with Crippen LogP contribution < -0.4 is 10.5 Å². The van der Waals surface area contributed by atoms with Crippen molar-refractivity contribution in [3.8, 4) is 5.75 Å². The molecular formula is C17H28N2O. The maximum Gasteiger partial charge on any atom is 0.124 e. The van der Waals surface area contributed by atoms with Crippen LogP contribution in [0.25, 0.3) is 0 Å². The largest absolute Gasteiger partial charge is 0.494 e. The predicted molar refractivity (Wildman–Crippen MR) is 84.0 cm³/mol. The molecule has 1 atom stereocenters. The van der Waals surface area contributed by atoms with E-state index in [-0.39, 0.29) is 0 Å². The second-order valence-corrected chi connectivity index (χ2v) is 5.88. The molecule has 0 aromatic heterocycles. The lowest BCUT2D eigenvalue weighted by molar-refractivity contribution is 0.138. The van der Waals surface area contributed by atoms with Crippen LogP contribution in [-0.2, 0) is 0 Å². The molecule has 2 rings (SSSR count). The number of ether oxygens (including phenoxy) is 1. The van der Waals surface area contributed by atoms with Crippen LogP contribution in [0.2, 0.25) is 0 Å². The van der Waals surface area contributed by atoms with E-state index in [4.69, 9.17) is 10.5 Å². The Morgan fingerprint density at radius 2 is 1.90 bits per heavy atom. The highest BCUT2D eigenvalue weighted by atomic mass is 16.5. The molecule has 0 heterocycles. The van der Waals surface area contributed by atoms with Gasteiger partial charge in [0, 0.05) is 23.7 Å². The van der Waals surface area contributed by atoms with Gasteiger partial charge in [0.1, 0.15) is 5.75 Å². The summed E-state index contributed by atoms with van der Waals surface area (Å²) in [6.07, 6.45) is 4.71. The van der Waals surface area contributed by atoms with Crippen molar-refractivity contribution in [3.63, 3.8) is 0 Å². The first-order valence-corrected chi connectivity index (χ1v) is 7.82. The van der Waals surface area contributed by atoms with Crippen molar-refractivity contribution in [1.82, 2.24) is 4.90 Å². The SMILES string of the molecule is CCOc1ccccc1C(C)N(C)C1CCC(N)CC1. The van der Waals surface area contributed by atoms with Gasteiger partial charge in [0.25, 0.3) is 0 Å². The summed E-state index contributed by atoms with van der Waals surface area (Å²) in [7, 11) is 2.23. The van der Waals surface area contributed by atoms with Crippen molar-refractivity contribution in [2.75, 3.05) is 13.7 Å². The van der Waals surface area contributed by atoms with Crippen LogP contribution in [0.4, 0.5) is 0 Å². The lowest BCUT2D eigenvalue weighted by Crippen LogP contribution is -2.39. The summed E-state index contributed by atoms with van der Waals surface area (Å²) in [6.45, 7) is 5.02. The summed E-state index contributed by atoms with van der Waals surface area (Å²) < 4.78 is 5.77. The molecule has 112 valence electrons. The second-order valence-electron chi connectivity index (χ2n) is 5.88. The van der Waals surface area contributed by atoms with Crippen LogP contribution in [0.15, 0.2) is 24.3 Å². The highest BCUT2D eigenvalue weighted by Gasteiger charge is 2.26. The number of nitrogens with zero attached hydrogens (tertiary/aromatic N) is 1. The van der Waals surface area contributed by atoms with Crippen LogP contribution >= 0.6 is 0 Å². The number of hydrogen-bond donors (Lipinski definition) is 1. The first-order valence-electron chi connectivity index (χ1n) is 7.82. The smallest absolute Gasteiger partial charge is 0.124 e. The minimum atomic E-state index is 0.372. The molecule has 0 radical (unpaired) electrons. The number of benzene rings is 1. The van der Waals surface area contributed by atoms with E-state index in [1.807, 2.05) is 13.0 Å². The number of hydrogen-bond acceptors (Lipinski definition) is 3. The third-order valence-electron chi connectivity index (χ3n) is 4.60. The first-order chi connectivity index (χ1) is 9.63. The molecule has 1 fully saturated rings. The summed E-state index contributed by atoms with van der Waals surface area (Å²) in [5.41, 5.74) is 7.29. The van der Waals surface area contributed by atoms with Gasteiger partial charge in [0.05, 0.1) is 6.61 Å². The molecule has 1 unspecified atom stereocenters. The average Bonchev–Trinajstić information content (AvgIpc) is 2.47. The topological polar surface area (TPSA) is 38.5 Å². The van der Waals surface area contributed by atoms with Gasteiger partial charge in [-0.3, -0.25) is 4.90 Å². The van der Waals surface area contributed by atoms with E-state index in [0.29, 0.717) is 24.7 Å². The summed E-state index contributed by atoms with van der Waals surface area (Å²) in [6, 6.07) is 9.81. The fraction of sp³-hybridized carbons (Fsp3) is 0.647. The van der Waals surface area contributed by atoms with Gasteiger partial charge in [0.15, 0.2) is 0 Å². The quantitative estimate of drug-likeness (QED) is 0.896. The number of nitrogens with two attached hydrogens (primary N) is 1. The molecule has 0 spiro atoms. The molecule has 1 aromatic carbocycles. The molecule has 1 aliphatic rings. The minimum Gasteiger partial charge on any atom is -0.494 e. The third kappa shape index (κ3) is 3.53. The van der Waals surface area contributed by atoms with E-state index in [1.165, 1.54) is 18.4 Å². The van der Waals surface area contributed by atoms with Crippen molar-refractivity contribution in [1.29, 1.82) is 0 Å². The van der Waals surface area contributed by atoms with Gasteiger partial charge >= 0.3 is 0 Å². The molecular weight excluding hydrogens is 248 g/mol. The van der Waals surface area contributed by atoms with Gasteiger partial charge in [0.2, 0.25) is 0 Å². The monoisotopic (exact) mass is 276 g/mol. The van der Waals surface area contributed by atoms with E-state index in [0.717, 1.165) is 18.6 Å². The summed E-state index contributed by atoms with van der Waals surface area (Å²) in [4.78, 5) is 2.49. The Bertz CT molecular complexity index is 413. The zero-order valence-corrected chi connectivity index (χ0v) is 13.0. The van der Waals surface area contributed by atoms with Gasteiger partial charge in [-0.25, -0.2) is 0 Å². The van der Waals surface area contributed by atoms with Crippen LogP contribution in [-0.4, -0.2) is 30.6 Å². The molecule has 3 heteroatoms. The molecule has 1 saturated carbocycles. The fourth-order valence-corrected chi connectivity index (χ4v) is 3.16. The van der Waals surface area contributed by atoms with Crippen molar-refractivity contribution in [3.05, 3.63) is 29.8 Å². The maximum atomic E-state index is 6.01. The van der Waals surface area contributed by atoms with Crippen molar-refractivity contribution < 1.29 is 4.74 Å². The molecule has 1 aromatic rings. The van der Waals surface area contributed by atoms with Crippen molar-refractivity contribution >= 4 is 0 Å². The highest BCUT2D eigenvalue weighted by molar-refractivity contribution is 5.35. The molecule has 0 bridgehead atoms. The number of rotatable bonds is 5. The molecule has 0 amide bonds.